The quantitative estimate of drug-likeness (QED) is 0.723. The molecule has 78 valence electrons. The Morgan fingerprint density at radius 2 is 2.21 bits per heavy atom. The van der Waals surface area contributed by atoms with Crippen LogP contribution in [0.2, 0.25) is 5.15 Å². The number of nitrogens with zero attached hydrogens (tertiary/aromatic N) is 2. The summed E-state index contributed by atoms with van der Waals surface area (Å²) < 4.78 is 6.24. The summed E-state index contributed by atoms with van der Waals surface area (Å²) in [7, 11) is 0. The zero-order valence-corrected chi connectivity index (χ0v) is 9.26. The fourth-order valence-electron chi connectivity index (χ4n) is 1.08. The van der Waals surface area contributed by atoms with E-state index in [0.29, 0.717) is 11.8 Å². The molecule has 0 bridgehead atoms. The first-order chi connectivity index (χ1) is 6.56. The van der Waals surface area contributed by atoms with Crippen molar-refractivity contribution in [3.8, 4) is 0 Å². The molecule has 0 spiro atoms. The first-order valence-electron chi connectivity index (χ1n) is 4.41. The minimum atomic E-state index is -0.322. The van der Waals surface area contributed by atoms with Crippen LogP contribution in [0.3, 0.4) is 0 Å². The van der Waals surface area contributed by atoms with E-state index in [1.54, 1.807) is 6.92 Å². The first-order valence-corrected chi connectivity index (χ1v) is 4.79. The van der Waals surface area contributed by atoms with Crippen molar-refractivity contribution in [2.24, 2.45) is 0 Å². The summed E-state index contributed by atoms with van der Waals surface area (Å²) in [6.07, 6.45) is 0. The van der Waals surface area contributed by atoms with Crippen molar-refractivity contribution in [2.45, 2.75) is 27.3 Å². The Morgan fingerprint density at radius 1 is 1.57 bits per heavy atom. The van der Waals surface area contributed by atoms with Gasteiger partial charge in [0, 0.05) is 5.56 Å². The smallest absolute Gasteiger partial charge is 0.327 e. The van der Waals surface area contributed by atoms with E-state index in [2.05, 4.69) is 5.10 Å². The second-order valence-corrected chi connectivity index (χ2v) is 3.32. The maximum absolute atomic E-state index is 11.1. The van der Waals surface area contributed by atoms with Gasteiger partial charge in [-0.2, -0.15) is 5.10 Å². The highest BCUT2D eigenvalue weighted by Crippen LogP contribution is 2.17. The summed E-state index contributed by atoms with van der Waals surface area (Å²) in [5.74, 6) is -0.322. The average molecular weight is 217 g/mol. The highest BCUT2D eigenvalue weighted by molar-refractivity contribution is 6.30. The van der Waals surface area contributed by atoms with Gasteiger partial charge in [-0.3, -0.25) is 4.79 Å². The van der Waals surface area contributed by atoms with E-state index in [4.69, 9.17) is 16.3 Å². The van der Waals surface area contributed by atoms with Crippen LogP contribution in [-0.2, 0) is 16.1 Å². The van der Waals surface area contributed by atoms with E-state index >= 15 is 0 Å². The number of halogens is 1. The number of hydrogen-bond donors (Lipinski definition) is 0. The molecule has 5 heteroatoms. The Balaban J connectivity index is 2.77. The van der Waals surface area contributed by atoms with E-state index in [1.165, 1.54) is 4.68 Å². The SMILES string of the molecule is CCOC(=O)Cn1nc(C)c(C)c1Cl. The van der Waals surface area contributed by atoms with Crippen LogP contribution in [-0.4, -0.2) is 22.4 Å². The molecule has 0 aromatic carbocycles. The predicted molar refractivity (Wildman–Crippen MR) is 53.3 cm³/mol. The third-order valence-corrected chi connectivity index (χ3v) is 2.41. The first kappa shape index (κ1) is 11.0. The molecule has 0 atom stereocenters. The highest BCUT2D eigenvalue weighted by Gasteiger charge is 2.12. The maximum atomic E-state index is 11.1. The monoisotopic (exact) mass is 216 g/mol. The lowest BCUT2D eigenvalue weighted by Crippen LogP contribution is -2.14. The molecule has 1 heterocycles. The molecular weight excluding hydrogens is 204 g/mol. The molecule has 0 fully saturated rings. The van der Waals surface area contributed by atoms with Gasteiger partial charge in [0.1, 0.15) is 11.7 Å². The number of aryl methyl sites for hydroxylation is 1. The lowest BCUT2D eigenvalue weighted by atomic mass is 10.3. The molecule has 0 saturated heterocycles. The summed E-state index contributed by atoms with van der Waals surface area (Å²) in [4.78, 5) is 11.1. The van der Waals surface area contributed by atoms with Gasteiger partial charge < -0.3 is 4.74 Å². The van der Waals surface area contributed by atoms with E-state index in [-0.39, 0.29) is 12.5 Å². The standard InChI is InChI=1S/C9H13ClN2O2/c1-4-14-8(13)5-12-9(10)6(2)7(3)11-12/h4-5H2,1-3H3. The second-order valence-electron chi connectivity index (χ2n) is 2.96. The van der Waals surface area contributed by atoms with Crippen molar-refractivity contribution in [1.82, 2.24) is 9.78 Å². The largest absolute Gasteiger partial charge is 0.465 e. The number of carbonyl (C=O) groups is 1. The Hall–Kier alpha value is -1.03. The maximum Gasteiger partial charge on any atom is 0.327 e. The van der Waals surface area contributed by atoms with E-state index in [9.17, 15) is 4.79 Å². The van der Waals surface area contributed by atoms with Crippen LogP contribution in [0.1, 0.15) is 18.2 Å². The average Bonchev–Trinajstić information content (AvgIpc) is 2.34. The summed E-state index contributed by atoms with van der Waals surface area (Å²) >= 11 is 5.95. The molecule has 0 saturated carbocycles. The van der Waals surface area contributed by atoms with Gasteiger partial charge >= 0.3 is 5.97 Å². The summed E-state index contributed by atoms with van der Waals surface area (Å²) in [5.41, 5.74) is 1.73. The zero-order chi connectivity index (χ0) is 10.7. The predicted octanol–water partition coefficient (Wildman–Crippen LogP) is 1.72. The fraction of sp³-hybridized carbons (Fsp3) is 0.556. The Kier molecular flexibility index (Phi) is 3.52. The number of carbonyl (C=O) groups excluding carboxylic acids is 1. The molecule has 1 aromatic heterocycles. The third kappa shape index (κ3) is 2.26. The van der Waals surface area contributed by atoms with Gasteiger partial charge in [-0.15, -0.1) is 0 Å². The minimum Gasteiger partial charge on any atom is -0.465 e. The number of esters is 1. The van der Waals surface area contributed by atoms with Crippen molar-refractivity contribution in [3.63, 3.8) is 0 Å². The van der Waals surface area contributed by atoms with Gasteiger partial charge in [0.2, 0.25) is 0 Å². The summed E-state index contributed by atoms with van der Waals surface area (Å²) in [6, 6.07) is 0. The Morgan fingerprint density at radius 3 is 2.64 bits per heavy atom. The van der Waals surface area contributed by atoms with Gasteiger partial charge in [0.25, 0.3) is 0 Å². The molecule has 0 aliphatic carbocycles. The lowest BCUT2D eigenvalue weighted by molar-refractivity contribution is -0.144. The minimum absolute atomic E-state index is 0.0708. The van der Waals surface area contributed by atoms with Crippen LogP contribution >= 0.6 is 11.6 Å². The molecule has 1 rings (SSSR count). The van der Waals surface area contributed by atoms with E-state index in [1.807, 2.05) is 13.8 Å². The molecule has 4 nitrogen and oxygen atoms in total. The van der Waals surface area contributed by atoms with Crippen LogP contribution in [0.25, 0.3) is 0 Å². The van der Waals surface area contributed by atoms with E-state index in [0.717, 1.165) is 11.3 Å². The van der Waals surface area contributed by atoms with Crippen molar-refractivity contribution in [3.05, 3.63) is 16.4 Å². The van der Waals surface area contributed by atoms with Gasteiger partial charge in [0.05, 0.1) is 12.3 Å². The highest BCUT2D eigenvalue weighted by atomic mass is 35.5. The topological polar surface area (TPSA) is 44.1 Å². The van der Waals surface area contributed by atoms with Crippen LogP contribution < -0.4 is 0 Å². The molecule has 0 radical (unpaired) electrons. The molecule has 0 unspecified atom stereocenters. The molecule has 0 amide bonds. The molecule has 0 N–H and O–H groups in total. The molecule has 0 aliphatic heterocycles. The second kappa shape index (κ2) is 4.46. The zero-order valence-electron chi connectivity index (χ0n) is 8.50. The summed E-state index contributed by atoms with van der Waals surface area (Å²) in [6.45, 7) is 5.92. The molecule has 1 aromatic rings. The normalized spacial score (nSPS) is 10.3. The van der Waals surface area contributed by atoms with Gasteiger partial charge in [0.15, 0.2) is 0 Å². The van der Waals surface area contributed by atoms with Gasteiger partial charge in [-0.25, -0.2) is 4.68 Å². The van der Waals surface area contributed by atoms with Crippen molar-refractivity contribution in [2.75, 3.05) is 6.61 Å². The van der Waals surface area contributed by atoms with Crippen LogP contribution in [0.4, 0.5) is 0 Å². The van der Waals surface area contributed by atoms with Crippen molar-refractivity contribution in [1.29, 1.82) is 0 Å². The molecule has 14 heavy (non-hydrogen) atoms. The lowest BCUT2D eigenvalue weighted by Gasteiger charge is -2.02. The van der Waals surface area contributed by atoms with Gasteiger partial charge in [-0.1, -0.05) is 11.6 Å². The number of aromatic nitrogens is 2. The van der Waals surface area contributed by atoms with E-state index < -0.39 is 0 Å². The number of rotatable bonds is 3. The van der Waals surface area contributed by atoms with Crippen LogP contribution in [0.5, 0.6) is 0 Å². The molecule has 0 aliphatic rings. The Bertz CT molecular complexity index is 347. The van der Waals surface area contributed by atoms with Crippen molar-refractivity contribution >= 4 is 17.6 Å². The van der Waals surface area contributed by atoms with Crippen LogP contribution in [0, 0.1) is 13.8 Å². The number of hydrogen-bond acceptors (Lipinski definition) is 3. The third-order valence-electron chi connectivity index (χ3n) is 1.93. The Labute approximate surface area is 87.8 Å². The fourth-order valence-corrected chi connectivity index (χ4v) is 1.31. The summed E-state index contributed by atoms with van der Waals surface area (Å²) in [5, 5.41) is 4.61. The van der Waals surface area contributed by atoms with Gasteiger partial charge in [-0.05, 0) is 20.8 Å². The molecular formula is C9H13ClN2O2. The number of ether oxygens (including phenoxy) is 1. The van der Waals surface area contributed by atoms with Crippen molar-refractivity contribution < 1.29 is 9.53 Å². The van der Waals surface area contributed by atoms with Crippen LogP contribution in [0.15, 0.2) is 0 Å².